The van der Waals surface area contributed by atoms with E-state index in [9.17, 15) is 0 Å². The van der Waals surface area contributed by atoms with Crippen LogP contribution in [0.2, 0.25) is 0 Å². The zero-order chi connectivity index (χ0) is 16.8. The van der Waals surface area contributed by atoms with Crippen molar-refractivity contribution >= 4 is 22.5 Å². The third kappa shape index (κ3) is 4.85. The van der Waals surface area contributed by atoms with Crippen LogP contribution in [0.5, 0.6) is 0 Å². The minimum Gasteiger partial charge on any atom is -0.349 e. The van der Waals surface area contributed by atoms with Crippen LogP contribution in [0.4, 0.5) is 0 Å². The van der Waals surface area contributed by atoms with Crippen LogP contribution < -0.4 is 0 Å². The molecule has 1 unspecified atom stereocenters. The molecule has 0 spiro atoms. The Labute approximate surface area is 145 Å². The van der Waals surface area contributed by atoms with Gasteiger partial charge in [-0.05, 0) is 31.5 Å². The number of piperazine rings is 1. The van der Waals surface area contributed by atoms with E-state index in [4.69, 9.17) is 0 Å². The van der Waals surface area contributed by atoms with E-state index >= 15 is 0 Å². The second-order valence-electron chi connectivity index (χ2n) is 6.09. The van der Waals surface area contributed by atoms with E-state index in [0.29, 0.717) is 5.25 Å². The second-order valence-corrected chi connectivity index (χ2v) is 7.40. The summed E-state index contributed by atoms with van der Waals surface area (Å²) in [6, 6.07) is 8.75. The maximum Gasteiger partial charge on any atom is 0.159 e. The van der Waals surface area contributed by atoms with Gasteiger partial charge in [-0.25, -0.2) is 0 Å². The van der Waals surface area contributed by atoms with Gasteiger partial charge in [0.2, 0.25) is 0 Å². The number of likely N-dealkylation sites (N-methyl/N-ethyl adjacent to an activating group) is 1. The Hall–Kier alpha value is -1.26. The van der Waals surface area contributed by atoms with Gasteiger partial charge in [0.15, 0.2) is 5.17 Å². The molecule has 1 aliphatic heterocycles. The smallest absolute Gasteiger partial charge is 0.159 e. The minimum absolute atomic E-state index is 0.400. The number of hydrogen-bond acceptors (Lipinski definition) is 3. The summed E-state index contributed by atoms with van der Waals surface area (Å²) in [4.78, 5) is 9.47. The Balaban J connectivity index is 1.97. The van der Waals surface area contributed by atoms with Crippen molar-refractivity contribution in [3.63, 3.8) is 0 Å². The average molecular weight is 332 g/mol. The predicted octanol–water partition coefficient (Wildman–Crippen LogP) is 4.14. The van der Waals surface area contributed by atoms with Gasteiger partial charge in [-0.3, -0.25) is 4.99 Å². The maximum absolute atomic E-state index is 4.55. The summed E-state index contributed by atoms with van der Waals surface area (Å²) in [6.45, 7) is 16.1. The van der Waals surface area contributed by atoms with Gasteiger partial charge in [0.1, 0.15) is 0 Å². The number of nitrogens with zero attached hydrogens (tertiary/aromatic N) is 3. The predicted molar refractivity (Wildman–Crippen MR) is 104 cm³/mol. The highest BCUT2D eigenvalue weighted by atomic mass is 32.2. The molecule has 1 aliphatic rings. The van der Waals surface area contributed by atoms with Crippen LogP contribution in [0.15, 0.2) is 35.8 Å². The largest absolute Gasteiger partial charge is 0.349 e. The Bertz CT molecular complexity index is 542. The first-order chi connectivity index (χ1) is 11.0. The van der Waals surface area contributed by atoms with Gasteiger partial charge in [-0.15, -0.1) is 0 Å². The van der Waals surface area contributed by atoms with E-state index in [1.807, 2.05) is 25.7 Å². The monoisotopic (exact) mass is 331 g/mol. The molecule has 1 aromatic carbocycles. The van der Waals surface area contributed by atoms with Crippen molar-refractivity contribution in [2.75, 3.05) is 39.8 Å². The van der Waals surface area contributed by atoms with Crippen molar-refractivity contribution in [1.29, 1.82) is 0 Å². The minimum atomic E-state index is 0.400. The van der Waals surface area contributed by atoms with Gasteiger partial charge in [-0.2, -0.15) is 0 Å². The van der Waals surface area contributed by atoms with Crippen molar-refractivity contribution in [2.24, 2.45) is 4.99 Å². The molecular weight excluding hydrogens is 302 g/mol. The zero-order valence-electron chi connectivity index (χ0n) is 14.9. The number of benzene rings is 1. The lowest BCUT2D eigenvalue weighted by Gasteiger charge is -2.36. The molecule has 0 N–H and O–H groups in total. The van der Waals surface area contributed by atoms with Gasteiger partial charge in [0.05, 0.1) is 0 Å². The van der Waals surface area contributed by atoms with Crippen LogP contribution in [-0.4, -0.2) is 54.7 Å². The zero-order valence-corrected chi connectivity index (χ0v) is 15.7. The molecule has 0 bridgehead atoms. The molecule has 4 heteroatoms. The second kappa shape index (κ2) is 8.55. The lowest BCUT2D eigenvalue weighted by molar-refractivity contribution is 0.192. The Kier molecular flexibility index (Phi) is 6.72. The third-order valence-corrected chi connectivity index (χ3v) is 5.71. The molecule has 1 fully saturated rings. The summed E-state index contributed by atoms with van der Waals surface area (Å²) in [7, 11) is 1.91. The van der Waals surface area contributed by atoms with Crippen LogP contribution in [0.3, 0.4) is 0 Å². The summed E-state index contributed by atoms with van der Waals surface area (Å²) in [6.07, 6.45) is 0. The summed E-state index contributed by atoms with van der Waals surface area (Å²) in [5.41, 5.74) is 3.67. The highest BCUT2D eigenvalue weighted by molar-refractivity contribution is 8.13. The number of thioether (sulfide) groups is 1. The Morgan fingerprint density at radius 2 is 1.83 bits per heavy atom. The standard InChI is InChI=1S/C19H29N3S/c1-6-21-11-13-22(14-12-21)19(20-5)23-16(4)18-9-7-17(8-10-18)15(2)3/h7-10,16H,2,6,11-14H2,1,3-5H3. The fraction of sp³-hybridized carbons (Fsp3) is 0.526. The van der Waals surface area contributed by atoms with Crippen molar-refractivity contribution < 1.29 is 0 Å². The van der Waals surface area contributed by atoms with Gasteiger partial charge in [-0.1, -0.05) is 55.1 Å². The highest BCUT2D eigenvalue weighted by Crippen LogP contribution is 2.31. The summed E-state index contributed by atoms with van der Waals surface area (Å²) >= 11 is 1.86. The molecule has 23 heavy (non-hydrogen) atoms. The molecule has 1 heterocycles. The van der Waals surface area contributed by atoms with Gasteiger partial charge < -0.3 is 9.80 Å². The summed E-state index contributed by atoms with van der Waals surface area (Å²) in [5, 5.41) is 1.56. The SMILES string of the molecule is C=C(C)c1ccc(C(C)SC(=NC)N2CCN(CC)CC2)cc1. The van der Waals surface area contributed by atoms with E-state index in [-0.39, 0.29) is 0 Å². The van der Waals surface area contributed by atoms with E-state index in [1.165, 1.54) is 11.1 Å². The van der Waals surface area contributed by atoms with Crippen LogP contribution in [0.1, 0.15) is 37.1 Å². The van der Waals surface area contributed by atoms with E-state index in [0.717, 1.165) is 43.5 Å². The lowest BCUT2D eigenvalue weighted by Crippen LogP contribution is -2.47. The topological polar surface area (TPSA) is 18.8 Å². The molecule has 1 atom stereocenters. The molecule has 0 saturated carbocycles. The van der Waals surface area contributed by atoms with Gasteiger partial charge >= 0.3 is 0 Å². The quantitative estimate of drug-likeness (QED) is 0.610. The van der Waals surface area contributed by atoms with Crippen molar-refractivity contribution in [2.45, 2.75) is 26.0 Å². The molecule has 0 radical (unpaired) electrons. The van der Waals surface area contributed by atoms with E-state index in [2.05, 4.69) is 59.5 Å². The Morgan fingerprint density at radius 1 is 1.22 bits per heavy atom. The van der Waals surface area contributed by atoms with Crippen LogP contribution >= 0.6 is 11.8 Å². The van der Waals surface area contributed by atoms with Crippen LogP contribution in [0.25, 0.3) is 5.57 Å². The molecule has 2 rings (SSSR count). The molecule has 0 amide bonds. The molecule has 0 aromatic heterocycles. The number of hydrogen-bond donors (Lipinski definition) is 0. The fourth-order valence-electron chi connectivity index (χ4n) is 2.79. The first-order valence-corrected chi connectivity index (χ1v) is 9.29. The molecular formula is C19H29N3S. The van der Waals surface area contributed by atoms with E-state index in [1.54, 1.807) is 0 Å². The van der Waals surface area contributed by atoms with Gasteiger partial charge in [0.25, 0.3) is 0 Å². The van der Waals surface area contributed by atoms with E-state index < -0.39 is 0 Å². The normalized spacial score (nSPS) is 18.1. The first-order valence-electron chi connectivity index (χ1n) is 8.41. The fourth-order valence-corrected chi connectivity index (χ4v) is 3.84. The van der Waals surface area contributed by atoms with Crippen molar-refractivity contribution in [3.8, 4) is 0 Å². The number of amidine groups is 1. The van der Waals surface area contributed by atoms with Crippen LogP contribution in [-0.2, 0) is 0 Å². The van der Waals surface area contributed by atoms with Crippen molar-refractivity contribution in [3.05, 3.63) is 42.0 Å². The summed E-state index contributed by atoms with van der Waals surface area (Å²) < 4.78 is 0. The molecule has 3 nitrogen and oxygen atoms in total. The number of aliphatic imine (C=N–C) groups is 1. The van der Waals surface area contributed by atoms with Crippen molar-refractivity contribution in [1.82, 2.24) is 9.80 Å². The molecule has 1 aromatic rings. The first kappa shape index (κ1) is 18.1. The number of rotatable bonds is 4. The lowest BCUT2D eigenvalue weighted by atomic mass is 10.1. The average Bonchev–Trinajstić information content (AvgIpc) is 2.59. The van der Waals surface area contributed by atoms with Crippen LogP contribution in [0, 0.1) is 0 Å². The molecule has 1 saturated heterocycles. The highest BCUT2D eigenvalue weighted by Gasteiger charge is 2.21. The Morgan fingerprint density at radius 3 is 2.30 bits per heavy atom. The maximum atomic E-state index is 4.55. The molecule has 0 aliphatic carbocycles. The summed E-state index contributed by atoms with van der Waals surface area (Å²) in [5.74, 6) is 0. The number of allylic oxidation sites excluding steroid dienone is 1. The molecule has 126 valence electrons. The third-order valence-electron chi connectivity index (χ3n) is 4.44. The van der Waals surface area contributed by atoms with Gasteiger partial charge in [0, 0.05) is 38.5 Å².